The molecule has 82 valence electrons. The van der Waals surface area contributed by atoms with Gasteiger partial charge in [0.1, 0.15) is 12.4 Å². The fraction of sp³-hybridized carbons (Fsp3) is 0.333. The van der Waals surface area contributed by atoms with Gasteiger partial charge in [0.15, 0.2) is 0 Å². The minimum absolute atomic E-state index is 0.336. The number of aryl methyl sites for hydroxylation is 1. The summed E-state index contributed by atoms with van der Waals surface area (Å²) in [5.74, 6) is 0.841. The molecular weight excluding hydrogens is 210 g/mol. The first kappa shape index (κ1) is 12.1. The zero-order chi connectivity index (χ0) is 11.3. The summed E-state index contributed by atoms with van der Waals surface area (Å²) in [6.45, 7) is 6.57. The van der Waals surface area contributed by atoms with E-state index in [1.54, 1.807) is 0 Å². The summed E-state index contributed by atoms with van der Waals surface area (Å²) in [5.41, 5.74) is 7.86. The van der Waals surface area contributed by atoms with Crippen LogP contribution in [0.25, 0.3) is 0 Å². The molecule has 0 aliphatic rings. The number of halogens is 1. The maximum Gasteiger partial charge on any atom is 0.123 e. The first-order valence-electron chi connectivity index (χ1n) is 4.89. The molecule has 2 nitrogen and oxygen atoms in total. The Morgan fingerprint density at radius 1 is 1.53 bits per heavy atom. The van der Waals surface area contributed by atoms with E-state index in [1.165, 1.54) is 5.56 Å². The lowest BCUT2D eigenvalue weighted by molar-refractivity contribution is 0.355. The van der Waals surface area contributed by atoms with E-state index in [2.05, 4.69) is 12.6 Å². The fourth-order valence-electron chi connectivity index (χ4n) is 1.36. The molecule has 0 atom stereocenters. The Bertz CT molecular complexity index is 349. The average molecular weight is 226 g/mol. The Labute approximate surface area is 95.7 Å². The smallest absolute Gasteiger partial charge is 0.123 e. The lowest BCUT2D eigenvalue weighted by atomic mass is 10.1. The van der Waals surface area contributed by atoms with Gasteiger partial charge in [0, 0.05) is 5.03 Å². The minimum Gasteiger partial charge on any atom is -0.488 e. The molecule has 0 spiro atoms. The second-order valence-corrected chi connectivity index (χ2v) is 3.99. The zero-order valence-electron chi connectivity index (χ0n) is 8.92. The monoisotopic (exact) mass is 225 g/mol. The van der Waals surface area contributed by atoms with E-state index >= 15 is 0 Å². The number of hydrogen-bond acceptors (Lipinski definition) is 2. The Balaban J connectivity index is 2.80. The van der Waals surface area contributed by atoms with Crippen LogP contribution in [0.2, 0.25) is 0 Å². The van der Waals surface area contributed by atoms with Crippen LogP contribution in [0.15, 0.2) is 29.8 Å². The average Bonchev–Trinajstić information content (AvgIpc) is 2.17. The van der Waals surface area contributed by atoms with Crippen molar-refractivity contribution < 1.29 is 4.74 Å². The third-order valence-electron chi connectivity index (χ3n) is 2.01. The van der Waals surface area contributed by atoms with Crippen LogP contribution in [0.3, 0.4) is 0 Å². The third kappa shape index (κ3) is 3.94. The maximum absolute atomic E-state index is 5.64. The predicted octanol–water partition coefficient (Wildman–Crippen LogP) is 2.63. The Morgan fingerprint density at radius 3 is 2.87 bits per heavy atom. The van der Waals surface area contributed by atoms with Gasteiger partial charge in [-0.15, -0.1) is 0 Å². The number of benzene rings is 1. The Morgan fingerprint density at radius 2 is 2.27 bits per heavy atom. The number of ether oxygens (including phenoxy) is 1. The van der Waals surface area contributed by atoms with Gasteiger partial charge in [0.25, 0.3) is 0 Å². The highest BCUT2D eigenvalue weighted by atomic mass is 35.5. The SMILES string of the molecule is C=C(Cl)COc1ccc(C)cc1CCN. The van der Waals surface area contributed by atoms with Crippen LogP contribution >= 0.6 is 11.6 Å². The molecule has 0 amide bonds. The molecular formula is C12H16ClNO. The summed E-state index contributed by atoms with van der Waals surface area (Å²) in [5, 5.41) is 0.495. The molecule has 1 aromatic carbocycles. The molecule has 2 N–H and O–H groups in total. The Kier molecular flexibility index (Phi) is 4.66. The van der Waals surface area contributed by atoms with E-state index in [0.29, 0.717) is 18.2 Å². The van der Waals surface area contributed by atoms with Crippen LogP contribution in [0.4, 0.5) is 0 Å². The molecule has 0 heterocycles. The molecule has 3 heteroatoms. The molecule has 1 rings (SSSR count). The summed E-state index contributed by atoms with van der Waals surface area (Å²) in [6.07, 6.45) is 0.811. The molecule has 0 radical (unpaired) electrons. The largest absolute Gasteiger partial charge is 0.488 e. The minimum atomic E-state index is 0.336. The van der Waals surface area contributed by atoms with Crippen molar-refractivity contribution in [2.24, 2.45) is 5.73 Å². The van der Waals surface area contributed by atoms with Crippen molar-refractivity contribution >= 4 is 11.6 Å². The molecule has 0 saturated carbocycles. The van der Waals surface area contributed by atoms with Crippen LogP contribution in [0.1, 0.15) is 11.1 Å². The van der Waals surface area contributed by atoms with E-state index in [-0.39, 0.29) is 0 Å². The first-order chi connectivity index (χ1) is 7.13. The highest BCUT2D eigenvalue weighted by Crippen LogP contribution is 2.21. The van der Waals surface area contributed by atoms with Gasteiger partial charge in [-0.3, -0.25) is 0 Å². The summed E-state index contributed by atoms with van der Waals surface area (Å²) < 4.78 is 5.52. The standard InChI is InChI=1S/C12H16ClNO/c1-9-3-4-12(15-8-10(2)13)11(7-9)5-6-14/h3-4,7H,2,5-6,8,14H2,1H3. The molecule has 0 bridgehead atoms. The lowest BCUT2D eigenvalue weighted by Gasteiger charge is -2.11. The summed E-state index contributed by atoms with van der Waals surface area (Å²) in [7, 11) is 0. The molecule has 0 unspecified atom stereocenters. The van der Waals surface area contributed by atoms with Crippen LogP contribution in [0, 0.1) is 6.92 Å². The van der Waals surface area contributed by atoms with E-state index in [4.69, 9.17) is 22.1 Å². The molecule has 0 aromatic heterocycles. The first-order valence-corrected chi connectivity index (χ1v) is 5.27. The second-order valence-electron chi connectivity index (χ2n) is 3.46. The fourth-order valence-corrected chi connectivity index (χ4v) is 1.41. The van der Waals surface area contributed by atoms with Gasteiger partial charge in [-0.1, -0.05) is 35.9 Å². The summed E-state index contributed by atoms with van der Waals surface area (Å²) >= 11 is 5.64. The van der Waals surface area contributed by atoms with E-state index in [0.717, 1.165) is 17.7 Å². The van der Waals surface area contributed by atoms with Gasteiger partial charge in [0.05, 0.1) is 0 Å². The van der Waals surface area contributed by atoms with Crippen molar-refractivity contribution in [2.75, 3.05) is 13.2 Å². The molecule has 0 aliphatic heterocycles. The zero-order valence-corrected chi connectivity index (χ0v) is 9.68. The van der Waals surface area contributed by atoms with Gasteiger partial charge in [0.2, 0.25) is 0 Å². The molecule has 0 fully saturated rings. The van der Waals surface area contributed by atoms with Crippen molar-refractivity contribution in [1.29, 1.82) is 0 Å². The van der Waals surface area contributed by atoms with Gasteiger partial charge in [-0.25, -0.2) is 0 Å². The molecule has 1 aromatic rings. The molecule has 0 aliphatic carbocycles. The quantitative estimate of drug-likeness (QED) is 0.836. The summed E-state index contributed by atoms with van der Waals surface area (Å²) in [4.78, 5) is 0. The van der Waals surface area contributed by atoms with Crippen molar-refractivity contribution in [2.45, 2.75) is 13.3 Å². The predicted molar refractivity (Wildman–Crippen MR) is 64.4 cm³/mol. The van der Waals surface area contributed by atoms with Crippen molar-refractivity contribution in [3.05, 3.63) is 40.9 Å². The van der Waals surface area contributed by atoms with Crippen LogP contribution in [-0.2, 0) is 6.42 Å². The summed E-state index contributed by atoms with van der Waals surface area (Å²) in [6, 6.07) is 6.03. The van der Waals surface area contributed by atoms with Crippen LogP contribution < -0.4 is 10.5 Å². The highest BCUT2D eigenvalue weighted by molar-refractivity contribution is 6.29. The molecule has 15 heavy (non-hydrogen) atoms. The van der Waals surface area contributed by atoms with Crippen LogP contribution in [-0.4, -0.2) is 13.2 Å². The lowest BCUT2D eigenvalue weighted by Crippen LogP contribution is -2.06. The number of rotatable bonds is 5. The second kappa shape index (κ2) is 5.79. The van der Waals surface area contributed by atoms with E-state index in [9.17, 15) is 0 Å². The number of hydrogen-bond donors (Lipinski definition) is 1. The van der Waals surface area contributed by atoms with Gasteiger partial charge >= 0.3 is 0 Å². The van der Waals surface area contributed by atoms with Crippen molar-refractivity contribution in [3.63, 3.8) is 0 Å². The maximum atomic E-state index is 5.64. The normalized spacial score (nSPS) is 10.1. The van der Waals surface area contributed by atoms with Crippen molar-refractivity contribution in [1.82, 2.24) is 0 Å². The van der Waals surface area contributed by atoms with Gasteiger partial charge < -0.3 is 10.5 Å². The van der Waals surface area contributed by atoms with Gasteiger partial charge in [-0.2, -0.15) is 0 Å². The molecule has 0 saturated heterocycles. The van der Waals surface area contributed by atoms with E-state index < -0.39 is 0 Å². The highest BCUT2D eigenvalue weighted by Gasteiger charge is 2.03. The Hall–Kier alpha value is -0.990. The van der Waals surface area contributed by atoms with Gasteiger partial charge in [-0.05, 0) is 31.5 Å². The van der Waals surface area contributed by atoms with E-state index in [1.807, 2.05) is 19.1 Å². The third-order valence-corrected chi connectivity index (χ3v) is 2.12. The topological polar surface area (TPSA) is 35.2 Å². The van der Waals surface area contributed by atoms with Crippen molar-refractivity contribution in [3.8, 4) is 5.75 Å². The van der Waals surface area contributed by atoms with Crippen LogP contribution in [0.5, 0.6) is 5.75 Å². The number of nitrogens with two attached hydrogens (primary N) is 1.